The van der Waals surface area contributed by atoms with Crippen molar-refractivity contribution in [2.24, 2.45) is 0 Å². The maximum Gasteiger partial charge on any atom is 0.343 e. The zero-order valence-electron chi connectivity index (χ0n) is 18.3. The minimum atomic E-state index is -0.870. The molecule has 8 nitrogen and oxygen atoms in total. The third-order valence-corrected chi connectivity index (χ3v) is 4.71. The summed E-state index contributed by atoms with van der Waals surface area (Å²) in [5.74, 6) is -1.67. The van der Waals surface area contributed by atoms with Crippen LogP contribution >= 0.6 is 0 Å². The third-order valence-electron chi connectivity index (χ3n) is 4.71. The highest BCUT2D eigenvalue weighted by atomic mass is 16.6. The topological polar surface area (TPSA) is 111 Å². The number of hydrogen-bond acceptors (Lipinski definition) is 6. The van der Waals surface area contributed by atoms with Crippen LogP contribution < -0.4 is 20.1 Å². The lowest BCUT2D eigenvalue weighted by Gasteiger charge is -2.19. The molecule has 2 N–H and O–H groups in total. The van der Waals surface area contributed by atoms with E-state index in [0.29, 0.717) is 17.7 Å². The first-order chi connectivity index (χ1) is 15.1. The number of barbiturate groups is 1. The summed E-state index contributed by atoms with van der Waals surface area (Å²) in [6.07, 6.45) is 1.32. The number of carbonyl (C=O) groups excluding carboxylic acids is 4. The Morgan fingerprint density at radius 2 is 1.56 bits per heavy atom. The Labute approximate surface area is 185 Å². The smallest absolute Gasteiger partial charge is 0.343 e. The van der Waals surface area contributed by atoms with E-state index < -0.39 is 23.8 Å². The van der Waals surface area contributed by atoms with Crippen LogP contribution in [0.4, 0.5) is 4.79 Å². The highest BCUT2D eigenvalue weighted by Gasteiger charge is 2.27. The van der Waals surface area contributed by atoms with Gasteiger partial charge in [-0.25, -0.2) is 9.59 Å². The first-order valence-corrected chi connectivity index (χ1v) is 10.1. The largest absolute Gasteiger partial charge is 0.490 e. The average Bonchev–Trinajstić information content (AvgIpc) is 2.72. The van der Waals surface area contributed by atoms with Crippen molar-refractivity contribution < 1.29 is 28.7 Å². The fourth-order valence-electron chi connectivity index (χ4n) is 3.01. The Morgan fingerprint density at radius 1 is 0.938 bits per heavy atom. The monoisotopic (exact) mass is 436 g/mol. The maximum atomic E-state index is 12.6. The molecule has 0 bridgehead atoms. The molecule has 0 aliphatic carbocycles. The minimum absolute atomic E-state index is 0.0334. The molecule has 3 rings (SSSR count). The van der Waals surface area contributed by atoms with E-state index in [9.17, 15) is 19.2 Å². The Balaban J connectivity index is 1.84. The van der Waals surface area contributed by atoms with Crippen LogP contribution in [0, 0.1) is 0 Å². The van der Waals surface area contributed by atoms with Crippen LogP contribution in [-0.4, -0.2) is 30.4 Å². The number of carbonyl (C=O) groups is 4. The summed E-state index contributed by atoms with van der Waals surface area (Å²) in [5, 5.41) is 4.02. The molecule has 8 heteroatoms. The summed E-state index contributed by atoms with van der Waals surface area (Å²) in [4.78, 5) is 47.7. The molecule has 0 unspecified atom stereocenters. The summed E-state index contributed by atoms with van der Waals surface area (Å²) < 4.78 is 11.1. The van der Waals surface area contributed by atoms with Gasteiger partial charge in [-0.05, 0) is 53.8 Å². The Morgan fingerprint density at radius 3 is 2.12 bits per heavy atom. The molecule has 1 saturated heterocycles. The van der Waals surface area contributed by atoms with Gasteiger partial charge in [0.15, 0.2) is 11.5 Å². The number of hydrogen-bond donors (Lipinski definition) is 2. The van der Waals surface area contributed by atoms with Crippen molar-refractivity contribution in [3.8, 4) is 11.5 Å². The zero-order valence-corrected chi connectivity index (χ0v) is 18.3. The SMILES string of the molecule is CCOc1cc(C=C2C(=O)NC(=O)NC2=O)ccc1OC(=O)c1ccc(C(C)(C)C)cc1. The van der Waals surface area contributed by atoms with E-state index in [2.05, 4.69) is 20.8 Å². The van der Waals surface area contributed by atoms with Gasteiger partial charge in [0.05, 0.1) is 12.2 Å². The number of imide groups is 2. The van der Waals surface area contributed by atoms with Crippen LogP contribution in [0.15, 0.2) is 48.0 Å². The number of benzene rings is 2. The number of esters is 1. The van der Waals surface area contributed by atoms with Crippen molar-refractivity contribution in [3.63, 3.8) is 0 Å². The van der Waals surface area contributed by atoms with Gasteiger partial charge in [0.2, 0.25) is 0 Å². The van der Waals surface area contributed by atoms with Crippen molar-refractivity contribution in [1.82, 2.24) is 10.6 Å². The van der Waals surface area contributed by atoms with Crippen molar-refractivity contribution in [3.05, 3.63) is 64.7 Å². The fourth-order valence-corrected chi connectivity index (χ4v) is 3.01. The second-order valence-corrected chi connectivity index (χ2v) is 8.15. The third kappa shape index (κ3) is 5.21. The van der Waals surface area contributed by atoms with Gasteiger partial charge >= 0.3 is 12.0 Å². The molecule has 1 heterocycles. The average molecular weight is 436 g/mol. The standard InChI is InChI=1S/C24H24N2O6/c1-5-31-19-13-14(12-17-20(27)25-23(30)26-21(17)28)6-11-18(19)32-22(29)15-7-9-16(10-8-15)24(2,3)4/h6-13H,5H2,1-4H3,(H2,25,26,27,28,30). The molecule has 166 valence electrons. The van der Waals surface area contributed by atoms with Crippen molar-refractivity contribution in [1.29, 1.82) is 0 Å². The first-order valence-electron chi connectivity index (χ1n) is 10.1. The van der Waals surface area contributed by atoms with Crippen LogP contribution in [0.25, 0.3) is 6.08 Å². The van der Waals surface area contributed by atoms with Gasteiger partial charge in [-0.3, -0.25) is 20.2 Å². The molecule has 0 atom stereocenters. The molecule has 0 radical (unpaired) electrons. The molecule has 0 saturated carbocycles. The van der Waals surface area contributed by atoms with E-state index in [1.807, 2.05) is 22.8 Å². The summed E-state index contributed by atoms with van der Waals surface area (Å²) in [6, 6.07) is 11.0. The van der Waals surface area contributed by atoms with Crippen LogP contribution in [-0.2, 0) is 15.0 Å². The second kappa shape index (κ2) is 9.05. The first kappa shape index (κ1) is 22.7. The van der Waals surface area contributed by atoms with Crippen molar-refractivity contribution in [2.45, 2.75) is 33.1 Å². The molecule has 32 heavy (non-hydrogen) atoms. The zero-order chi connectivity index (χ0) is 23.5. The molecule has 1 aliphatic rings. The second-order valence-electron chi connectivity index (χ2n) is 8.15. The Bertz CT molecular complexity index is 1090. The van der Waals surface area contributed by atoms with Gasteiger partial charge < -0.3 is 9.47 Å². The molecule has 0 aromatic heterocycles. The number of rotatable bonds is 5. The lowest BCUT2D eigenvalue weighted by molar-refractivity contribution is -0.123. The van der Waals surface area contributed by atoms with E-state index in [1.54, 1.807) is 31.2 Å². The molecule has 1 aliphatic heterocycles. The number of nitrogens with one attached hydrogen (secondary N) is 2. The molecular formula is C24H24N2O6. The molecule has 0 spiro atoms. The Kier molecular flexibility index (Phi) is 6.43. The lowest BCUT2D eigenvalue weighted by atomic mass is 9.87. The van der Waals surface area contributed by atoms with Crippen molar-refractivity contribution in [2.75, 3.05) is 6.61 Å². The summed E-state index contributed by atoms with van der Waals surface area (Å²) in [7, 11) is 0. The van der Waals surface area contributed by atoms with Crippen LogP contribution in [0.2, 0.25) is 0 Å². The Hall–Kier alpha value is -3.94. The highest BCUT2D eigenvalue weighted by Crippen LogP contribution is 2.30. The van der Waals surface area contributed by atoms with Gasteiger partial charge in [0.1, 0.15) is 5.57 Å². The van der Waals surface area contributed by atoms with E-state index in [1.165, 1.54) is 12.1 Å². The number of amides is 4. The van der Waals surface area contributed by atoms with Crippen LogP contribution in [0.3, 0.4) is 0 Å². The molecule has 2 aromatic carbocycles. The summed E-state index contributed by atoms with van der Waals surface area (Å²) >= 11 is 0. The predicted octanol–water partition coefficient (Wildman–Crippen LogP) is 3.35. The van der Waals surface area contributed by atoms with E-state index in [-0.39, 0.29) is 22.5 Å². The normalized spacial score (nSPS) is 13.9. The molecular weight excluding hydrogens is 412 g/mol. The van der Waals surface area contributed by atoms with Gasteiger partial charge in [0.25, 0.3) is 11.8 Å². The van der Waals surface area contributed by atoms with Gasteiger partial charge in [-0.2, -0.15) is 0 Å². The van der Waals surface area contributed by atoms with Crippen molar-refractivity contribution >= 4 is 29.9 Å². The van der Waals surface area contributed by atoms with Gasteiger partial charge in [-0.15, -0.1) is 0 Å². The van der Waals surface area contributed by atoms with Gasteiger partial charge in [0, 0.05) is 0 Å². The lowest BCUT2D eigenvalue weighted by Crippen LogP contribution is -2.51. The maximum absolute atomic E-state index is 12.6. The molecule has 1 fully saturated rings. The quantitative estimate of drug-likeness (QED) is 0.322. The molecule has 2 aromatic rings. The minimum Gasteiger partial charge on any atom is -0.490 e. The summed E-state index contributed by atoms with van der Waals surface area (Å²) in [6.45, 7) is 8.34. The van der Waals surface area contributed by atoms with E-state index in [4.69, 9.17) is 9.47 Å². The number of urea groups is 1. The van der Waals surface area contributed by atoms with Crippen LogP contribution in [0.5, 0.6) is 11.5 Å². The fraction of sp³-hybridized carbons (Fsp3) is 0.250. The van der Waals surface area contributed by atoms with Crippen LogP contribution in [0.1, 0.15) is 49.2 Å². The van der Waals surface area contributed by atoms with E-state index >= 15 is 0 Å². The number of ether oxygens (including phenoxy) is 2. The molecule has 4 amide bonds. The van der Waals surface area contributed by atoms with Gasteiger partial charge in [-0.1, -0.05) is 39.0 Å². The summed E-state index contributed by atoms with van der Waals surface area (Å²) in [5.41, 5.74) is 1.69. The van der Waals surface area contributed by atoms with E-state index in [0.717, 1.165) is 5.56 Å². The highest BCUT2D eigenvalue weighted by molar-refractivity contribution is 6.31. The predicted molar refractivity (Wildman–Crippen MR) is 117 cm³/mol.